The first kappa shape index (κ1) is 37.7. The lowest BCUT2D eigenvalue weighted by atomic mass is 9.82. The third-order valence-corrected chi connectivity index (χ3v) is 14.3. The fourth-order valence-corrected chi connectivity index (χ4v) is 11.0. The standard InChI is InChI=1S/C63H41NO3/c1-63(2)53-20-9-6-15-46(53)47-32-31-44(37-54(47)63)64(42-27-23-39(24-28-42)38-13-4-3-5-14-38)43-29-25-40(26-30-43)51-35-41(45-18-12-19-49-48-16-7-10-21-55(48)66-61(45)49)36-52-60-58(67-62(51)52)34-33-57-59(60)50-17-8-11-22-56(50)65-57/h3-37H,1-2H3. The van der Waals surface area contributed by atoms with Gasteiger partial charge in [-0.25, -0.2) is 0 Å². The largest absolute Gasteiger partial charge is 0.456 e. The van der Waals surface area contributed by atoms with E-state index in [0.717, 1.165) is 105 Å². The Labute approximate surface area is 386 Å². The van der Waals surface area contributed by atoms with Crippen LogP contribution in [0.3, 0.4) is 0 Å². The zero-order chi connectivity index (χ0) is 44.4. The molecule has 0 spiro atoms. The van der Waals surface area contributed by atoms with Crippen molar-refractivity contribution in [1.82, 2.24) is 0 Å². The smallest absolute Gasteiger partial charge is 0.143 e. The molecule has 0 saturated heterocycles. The normalized spacial score (nSPS) is 13.0. The molecule has 0 fully saturated rings. The second-order valence-corrected chi connectivity index (χ2v) is 18.4. The van der Waals surface area contributed by atoms with Crippen LogP contribution in [-0.4, -0.2) is 0 Å². The zero-order valence-electron chi connectivity index (χ0n) is 36.9. The molecular weight excluding hydrogens is 819 g/mol. The number of para-hydroxylation sites is 3. The van der Waals surface area contributed by atoms with Gasteiger partial charge in [0.2, 0.25) is 0 Å². The highest BCUT2D eigenvalue weighted by atomic mass is 16.3. The van der Waals surface area contributed by atoms with Crippen LogP contribution in [0.4, 0.5) is 17.1 Å². The van der Waals surface area contributed by atoms with Crippen molar-refractivity contribution in [3.05, 3.63) is 223 Å². The van der Waals surface area contributed by atoms with Gasteiger partial charge < -0.3 is 18.2 Å². The molecule has 4 nitrogen and oxygen atoms in total. The number of benzene rings is 10. The predicted molar refractivity (Wildman–Crippen MR) is 277 cm³/mol. The summed E-state index contributed by atoms with van der Waals surface area (Å²) in [4.78, 5) is 2.38. The van der Waals surface area contributed by atoms with E-state index in [4.69, 9.17) is 13.3 Å². The van der Waals surface area contributed by atoms with E-state index in [2.05, 4.69) is 195 Å². The Morgan fingerprint density at radius 1 is 0.313 bits per heavy atom. The van der Waals surface area contributed by atoms with Gasteiger partial charge in [0.05, 0.1) is 0 Å². The van der Waals surface area contributed by atoms with Crippen LogP contribution in [0.5, 0.6) is 0 Å². The van der Waals surface area contributed by atoms with Gasteiger partial charge in [-0.3, -0.25) is 0 Å². The highest BCUT2D eigenvalue weighted by Crippen LogP contribution is 2.51. The lowest BCUT2D eigenvalue weighted by molar-refractivity contribution is 0.660. The lowest BCUT2D eigenvalue weighted by Gasteiger charge is -2.28. The van der Waals surface area contributed by atoms with E-state index in [9.17, 15) is 0 Å². The molecule has 67 heavy (non-hydrogen) atoms. The molecule has 316 valence electrons. The maximum absolute atomic E-state index is 6.97. The molecule has 1 aliphatic carbocycles. The number of fused-ring (bicyclic) bond motifs is 13. The van der Waals surface area contributed by atoms with Crippen LogP contribution in [0.1, 0.15) is 25.0 Å². The van der Waals surface area contributed by atoms with Crippen molar-refractivity contribution in [1.29, 1.82) is 0 Å². The number of furan rings is 3. The molecule has 10 aromatic carbocycles. The average Bonchev–Trinajstić information content (AvgIpc) is 4.12. The Morgan fingerprint density at radius 3 is 1.66 bits per heavy atom. The van der Waals surface area contributed by atoms with Crippen LogP contribution in [-0.2, 0) is 5.41 Å². The SMILES string of the molecule is CC1(C)c2ccccc2-c2ccc(N(c3ccc(-c4ccccc4)cc3)c3ccc(-c4cc(-c5cccc6c5oc5ccccc56)cc5c4oc4ccc6oc7ccccc7c6c45)cc3)cc21. The van der Waals surface area contributed by atoms with E-state index in [1.54, 1.807) is 0 Å². The molecule has 0 amide bonds. The van der Waals surface area contributed by atoms with Gasteiger partial charge in [0.1, 0.15) is 33.5 Å². The van der Waals surface area contributed by atoms with E-state index in [0.29, 0.717) is 0 Å². The molecule has 0 radical (unpaired) electrons. The summed E-state index contributed by atoms with van der Waals surface area (Å²) in [6.07, 6.45) is 0. The van der Waals surface area contributed by atoms with E-state index in [1.807, 2.05) is 36.4 Å². The molecule has 0 N–H and O–H groups in total. The Morgan fingerprint density at radius 2 is 0.866 bits per heavy atom. The van der Waals surface area contributed by atoms with Gasteiger partial charge in [-0.1, -0.05) is 153 Å². The summed E-state index contributed by atoms with van der Waals surface area (Å²) in [5.74, 6) is 0. The van der Waals surface area contributed by atoms with Gasteiger partial charge in [-0.05, 0) is 117 Å². The minimum absolute atomic E-state index is 0.140. The van der Waals surface area contributed by atoms with Crippen LogP contribution >= 0.6 is 0 Å². The predicted octanol–water partition coefficient (Wildman–Crippen LogP) is 18.2. The third-order valence-electron chi connectivity index (χ3n) is 14.3. The van der Waals surface area contributed by atoms with Gasteiger partial charge in [0.25, 0.3) is 0 Å². The molecule has 14 rings (SSSR count). The van der Waals surface area contributed by atoms with E-state index < -0.39 is 0 Å². The van der Waals surface area contributed by atoms with Crippen LogP contribution in [0, 0.1) is 0 Å². The quantitative estimate of drug-likeness (QED) is 0.167. The molecule has 0 atom stereocenters. The van der Waals surface area contributed by atoms with Crippen LogP contribution in [0.25, 0.3) is 110 Å². The summed E-state index contributed by atoms with van der Waals surface area (Å²) in [5, 5.41) is 6.39. The minimum Gasteiger partial charge on any atom is -0.456 e. The Balaban J connectivity index is 0.965. The summed E-state index contributed by atoms with van der Waals surface area (Å²) >= 11 is 0. The number of hydrogen-bond donors (Lipinski definition) is 0. The lowest BCUT2D eigenvalue weighted by Crippen LogP contribution is -2.16. The van der Waals surface area contributed by atoms with Crippen molar-refractivity contribution < 1.29 is 13.3 Å². The van der Waals surface area contributed by atoms with E-state index >= 15 is 0 Å². The monoisotopic (exact) mass is 859 g/mol. The number of hydrogen-bond acceptors (Lipinski definition) is 4. The molecule has 0 unspecified atom stereocenters. The summed E-state index contributed by atoms with van der Waals surface area (Å²) in [6, 6.07) is 75.9. The maximum atomic E-state index is 6.97. The van der Waals surface area contributed by atoms with Crippen molar-refractivity contribution >= 4 is 82.9 Å². The summed E-state index contributed by atoms with van der Waals surface area (Å²) < 4.78 is 20.0. The first-order chi connectivity index (χ1) is 33.0. The second-order valence-electron chi connectivity index (χ2n) is 18.4. The van der Waals surface area contributed by atoms with Crippen LogP contribution in [0.2, 0.25) is 0 Å². The van der Waals surface area contributed by atoms with Crippen molar-refractivity contribution in [2.45, 2.75) is 19.3 Å². The van der Waals surface area contributed by atoms with Gasteiger partial charge in [0.15, 0.2) is 0 Å². The summed E-state index contributed by atoms with van der Waals surface area (Å²) in [7, 11) is 0. The van der Waals surface area contributed by atoms with Crippen LogP contribution in [0.15, 0.2) is 226 Å². The van der Waals surface area contributed by atoms with E-state index in [-0.39, 0.29) is 5.41 Å². The maximum Gasteiger partial charge on any atom is 0.143 e. The Bertz CT molecular complexity index is 4110. The van der Waals surface area contributed by atoms with Crippen molar-refractivity contribution in [2.75, 3.05) is 4.90 Å². The van der Waals surface area contributed by atoms with Crippen molar-refractivity contribution in [3.63, 3.8) is 0 Å². The number of anilines is 3. The first-order valence-corrected chi connectivity index (χ1v) is 23.0. The van der Waals surface area contributed by atoms with Gasteiger partial charge in [-0.15, -0.1) is 0 Å². The molecular formula is C63H41NO3. The molecule has 0 bridgehead atoms. The third kappa shape index (κ3) is 5.66. The van der Waals surface area contributed by atoms with Crippen molar-refractivity contribution in [3.8, 4) is 44.5 Å². The number of nitrogens with zero attached hydrogens (tertiary/aromatic N) is 1. The highest BCUT2D eigenvalue weighted by Gasteiger charge is 2.36. The van der Waals surface area contributed by atoms with Gasteiger partial charge in [-0.2, -0.15) is 0 Å². The molecule has 4 heteroatoms. The topological polar surface area (TPSA) is 42.7 Å². The molecule has 13 aromatic rings. The van der Waals surface area contributed by atoms with Crippen molar-refractivity contribution in [2.24, 2.45) is 0 Å². The summed E-state index contributed by atoms with van der Waals surface area (Å²) in [5.41, 5.74) is 20.0. The van der Waals surface area contributed by atoms with Crippen LogP contribution < -0.4 is 4.90 Å². The number of rotatable bonds is 6. The van der Waals surface area contributed by atoms with Gasteiger partial charge >= 0.3 is 0 Å². The van der Waals surface area contributed by atoms with Gasteiger partial charge in [0, 0.05) is 65.9 Å². The molecule has 1 aliphatic rings. The molecule has 3 heterocycles. The fourth-order valence-electron chi connectivity index (χ4n) is 11.0. The minimum atomic E-state index is -0.140. The van der Waals surface area contributed by atoms with E-state index in [1.165, 1.54) is 33.4 Å². The molecule has 0 saturated carbocycles. The second kappa shape index (κ2) is 14.2. The zero-order valence-corrected chi connectivity index (χ0v) is 36.9. The highest BCUT2D eigenvalue weighted by molar-refractivity contribution is 6.27. The Hall–Kier alpha value is -8.60. The average molecular weight is 860 g/mol. The summed E-state index contributed by atoms with van der Waals surface area (Å²) in [6.45, 7) is 4.69. The first-order valence-electron chi connectivity index (χ1n) is 23.0. The molecule has 0 aliphatic heterocycles. The Kier molecular flexibility index (Phi) is 8.00. The fraction of sp³-hybridized carbons (Fsp3) is 0.0476. The molecule has 3 aromatic heterocycles.